The van der Waals surface area contributed by atoms with Gasteiger partial charge in [-0.1, -0.05) is 19.0 Å². The van der Waals surface area contributed by atoms with Gasteiger partial charge in [-0.25, -0.2) is 0 Å². The number of thioether (sulfide) groups is 2. The molecule has 1 N–H and O–H groups in total. The van der Waals surface area contributed by atoms with Crippen LogP contribution in [-0.4, -0.2) is 40.0 Å². The molecule has 1 aromatic rings. The maximum absolute atomic E-state index is 5.54. The lowest BCUT2D eigenvalue weighted by Crippen LogP contribution is -2.19. The van der Waals surface area contributed by atoms with Gasteiger partial charge in [-0.15, -0.1) is 11.8 Å². The minimum absolute atomic E-state index is 0.391. The van der Waals surface area contributed by atoms with E-state index in [2.05, 4.69) is 36.1 Å². The highest BCUT2D eigenvalue weighted by Gasteiger charge is 2.34. The normalized spacial score (nSPS) is 35.7. The molecule has 4 nitrogen and oxygen atoms in total. The molecule has 2 fully saturated rings. The Labute approximate surface area is 122 Å². The van der Waals surface area contributed by atoms with Crippen LogP contribution >= 0.6 is 23.5 Å². The standard InChI is InChI=1S/C13H21N3OS2/c1-3-10-11(19-5-4-18-10)12-15-13(17-16-12)9-7-14-6-8(9)2/h8-11,14H,3-7H2,1-2H3. The molecule has 0 radical (unpaired) electrons. The first-order chi connectivity index (χ1) is 9.29. The summed E-state index contributed by atoms with van der Waals surface area (Å²) in [5.74, 6) is 5.16. The van der Waals surface area contributed by atoms with E-state index in [0.29, 0.717) is 22.3 Å². The molecule has 0 spiro atoms. The minimum Gasteiger partial charge on any atom is -0.339 e. The Morgan fingerprint density at radius 1 is 1.32 bits per heavy atom. The topological polar surface area (TPSA) is 51.0 Å². The predicted octanol–water partition coefficient (Wildman–Crippen LogP) is 2.69. The van der Waals surface area contributed by atoms with E-state index >= 15 is 0 Å². The molecular weight excluding hydrogens is 278 g/mol. The van der Waals surface area contributed by atoms with E-state index in [-0.39, 0.29) is 0 Å². The third-order valence-electron chi connectivity index (χ3n) is 4.00. The van der Waals surface area contributed by atoms with Crippen LogP contribution in [-0.2, 0) is 0 Å². The van der Waals surface area contributed by atoms with Gasteiger partial charge < -0.3 is 9.84 Å². The summed E-state index contributed by atoms with van der Waals surface area (Å²) in [5.41, 5.74) is 0. The van der Waals surface area contributed by atoms with Crippen molar-refractivity contribution < 1.29 is 4.52 Å². The average Bonchev–Trinajstić information content (AvgIpc) is 3.07. The number of aromatic nitrogens is 2. The highest BCUT2D eigenvalue weighted by molar-refractivity contribution is 8.06. The predicted molar refractivity (Wildman–Crippen MR) is 80.8 cm³/mol. The number of nitrogens with one attached hydrogen (secondary N) is 1. The maximum atomic E-state index is 5.54. The molecule has 3 rings (SSSR count). The van der Waals surface area contributed by atoms with Gasteiger partial charge in [0.15, 0.2) is 5.82 Å². The second-order valence-electron chi connectivity index (χ2n) is 5.34. The van der Waals surface area contributed by atoms with Gasteiger partial charge in [-0.05, 0) is 18.9 Å². The summed E-state index contributed by atoms with van der Waals surface area (Å²) < 4.78 is 5.54. The van der Waals surface area contributed by atoms with Crippen molar-refractivity contribution in [1.29, 1.82) is 0 Å². The smallest absolute Gasteiger partial charge is 0.231 e. The third-order valence-corrected chi connectivity index (χ3v) is 7.24. The summed E-state index contributed by atoms with van der Waals surface area (Å²) in [6.45, 7) is 6.51. The van der Waals surface area contributed by atoms with Crippen molar-refractivity contribution in [2.45, 2.75) is 36.7 Å². The van der Waals surface area contributed by atoms with E-state index in [0.717, 1.165) is 24.8 Å². The number of hydrogen-bond donors (Lipinski definition) is 1. The van der Waals surface area contributed by atoms with Crippen LogP contribution in [0.2, 0.25) is 0 Å². The van der Waals surface area contributed by atoms with E-state index in [1.165, 1.54) is 17.9 Å². The lowest BCUT2D eigenvalue weighted by Gasteiger charge is -2.27. The number of rotatable bonds is 3. The molecule has 19 heavy (non-hydrogen) atoms. The van der Waals surface area contributed by atoms with Crippen LogP contribution in [0.3, 0.4) is 0 Å². The zero-order valence-corrected chi connectivity index (χ0v) is 13.1. The van der Waals surface area contributed by atoms with Gasteiger partial charge in [0.25, 0.3) is 0 Å². The van der Waals surface area contributed by atoms with E-state index in [1.54, 1.807) is 0 Å². The lowest BCUT2D eigenvalue weighted by molar-refractivity contribution is 0.336. The molecule has 106 valence electrons. The van der Waals surface area contributed by atoms with Crippen molar-refractivity contribution in [3.8, 4) is 0 Å². The van der Waals surface area contributed by atoms with Gasteiger partial charge in [0.05, 0.1) is 11.2 Å². The Kier molecular flexibility index (Phi) is 4.39. The molecule has 6 heteroatoms. The van der Waals surface area contributed by atoms with E-state index < -0.39 is 0 Å². The summed E-state index contributed by atoms with van der Waals surface area (Å²) in [6.07, 6.45) is 1.17. The first-order valence-electron chi connectivity index (χ1n) is 7.07. The first-order valence-corrected chi connectivity index (χ1v) is 9.16. The van der Waals surface area contributed by atoms with Crippen LogP contribution in [0.5, 0.6) is 0 Å². The molecule has 0 aromatic carbocycles. The summed E-state index contributed by atoms with van der Waals surface area (Å²) >= 11 is 4.04. The molecule has 2 saturated heterocycles. The quantitative estimate of drug-likeness (QED) is 0.926. The molecule has 0 aliphatic carbocycles. The molecule has 4 unspecified atom stereocenters. The number of hydrogen-bond acceptors (Lipinski definition) is 6. The SMILES string of the molecule is CCC1SCCSC1c1noc(C2CNCC2C)n1. The molecule has 0 bridgehead atoms. The first kappa shape index (κ1) is 13.8. The lowest BCUT2D eigenvalue weighted by atomic mass is 9.98. The Morgan fingerprint density at radius 2 is 2.16 bits per heavy atom. The zero-order valence-electron chi connectivity index (χ0n) is 11.5. The zero-order chi connectivity index (χ0) is 13.2. The fourth-order valence-corrected chi connectivity index (χ4v) is 5.78. The molecular formula is C13H21N3OS2. The van der Waals surface area contributed by atoms with E-state index in [4.69, 9.17) is 9.51 Å². The fraction of sp³-hybridized carbons (Fsp3) is 0.846. The van der Waals surface area contributed by atoms with E-state index in [9.17, 15) is 0 Å². The second-order valence-corrected chi connectivity index (χ2v) is 7.94. The fourth-order valence-electron chi connectivity index (χ4n) is 2.80. The summed E-state index contributed by atoms with van der Waals surface area (Å²) in [6, 6.07) is 0. The molecule has 3 heterocycles. The molecule has 2 aliphatic rings. The van der Waals surface area contributed by atoms with Crippen LogP contribution in [0.25, 0.3) is 0 Å². The molecule has 1 aromatic heterocycles. The monoisotopic (exact) mass is 299 g/mol. The Bertz CT molecular complexity index is 426. The van der Waals surface area contributed by atoms with Crippen LogP contribution in [0.4, 0.5) is 0 Å². The van der Waals surface area contributed by atoms with Crippen molar-refractivity contribution in [3.05, 3.63) is 11.7 Å². The van der Waals surface area contributed by atoms with Gasteiger partial charge in [-0.2, -0.15) is 16.7 Å². The van der Waals surface area contributed by atoms with Crippen LogP contribution in [0.15, 0.2) is 4.52 Å². The van der Waals surface area contributed by atoms with Gasteiger partial charge >= 0.3 is 0 Å². The van der Waals surface area contributed by atoms with Crippen molar-refractivity contribution in [2.24, 2.45) is 5.92 Å². The summed E-state index contributed by atoms with van der Waals surface area (Å²) in [4.78, 5) is 4.71. The molecule has 4 atom stereocenters. The minimum atomic E-state index is 0.391. The van der Waals surface area contributed by atoms with E-state index in [1.807, 2.05) is 11.8 Å². The van der Waals surface area contributed by atoms with Gasteiger partial charge in [0.2, 0.25) is 5.89 Å². The average molecular weight is 299 g/mol. The largest absolute Gasteiger partial charge is 0.339 e. The molecule has 0 amide bonds. The summed E-state index contributed by atoms with van der Waals surface area (Å²) in [5, 5.41) is 8.70. The molecule has 0 saturated carbocycles. The van der Waals surface area contributed by atoms with Gasteiger partial charge in [-0.3, -0.25) is 0 Å². The third kappa shape index (κ3) is 2.81. The highest BCUT2D eigenvalue weighted by Crippen LogP contribution is 2.43. The second kappa shape index (κ2) is 6.06. The Balaban J connectivity index is 1.76. The van der Waals surface area contributed by atoms with Crippen LogP contribution in [0.1, 0.15) is 43.2 Å². The number of nitrogens with zero attached hydrogens (tertiary/aromatic N) is 2. The Hall–Kier alpha value is -0.200. The molecule has 2 aliphatic heterocycles. The van der Waals surface area contributed by atoms with Crippen molar-refractivity contribution in [1.82, 2.24) is 15.5 Å². The van der Waals surface area contributed by atoms with Crippen LogP contribution in [0, 0.1) is 5.92 Å². The van der Waals surface area contributed by atoms with Gasteiger partial charge in [0, 0.05) is 23.3 Å². The summed E-state index contributed by atoms with van der Waals surface area (Å²) in [7, 11) is 0. The van der Waals surface area contributed by atoms with Crippen molar-refractivity contribution in [3.63, 3.8) is 0 Å². The van der Waals surface area contributed by atoms with Gasteiger partial charge in [0.1, 0.15) is 0 Å². The highest BCUT2D eigenvalue weighted by atomic mass is 32.2. The van der Waals surface area contributed by atoms with Crippen molar-refractivity contribution in [2.75, 3.05) is 24.6 Å². The maximum Gasteiger partial charge on any atom is 0.231 e. The van der Waals surface area contributed by atoms with Crippen LogP contribution < -0.4 is 5.32 Å². The van der Waals surface area contributed by atoms with Crippen molar-refractivity contribution >= 4 is 23.5 Å². The Morgan fingerprint density at radius 3 is 2.89 bits per heavy atom.